The largest absolute Gasteiger partial charge is 0.350 e. The molecular weight excluding hydrogens is 380 g/mol. The maximum Gasteiger partial charge on any atom is 0.252 e. The summed E-state index contributed by atoms with van der Waals surface area (Å²) >= 11 is 9.35. The minimum Gasteiger partial charge on any atom is -0.350 e. The van der Waals surface area contributed by atoms with E-state index in [1.54, 1.807) is 29.2 Å². The molecule has 0 fully saturated rings. The van der Waals surface area contributed by atoms with Crippen molar-refractivity contribution in [3.05, 3.63) is 63.6 Å². The highest BCUT2D eigenvalue weighted by Gasteiger charge is 2.13. The van der Waals surface area contributed by atoms with Gasteiger partial charge in [0.15, 0.2) is 0 Å². The number of carbonyl (C=O) groups is 2. The summed E-state index contributed by atoms with van der Waals surface area (Å²) < 4.78 is 0.941. The molecule has 0 heterocycles. The van der Waals surface area contributed by atoms with Gasteiger partial charge in [-0.3, -0.25) is 9.59 Å². The molecule has 0 aromatic heterocycles. The number of nitrogens with one attached hydrogen (secondary N) is 1. The number of nitrogens with zero attached hydrogens (tertiary/aromatic N) is 1. The molecule has 2 aromatic carbocycles. The first-order valence-corrected chi connectivity index (χ1v) is 8.22. The Morgan fingerprint density at radius 1 is 1.13 bits per heavy atom. The predicted molar refractivity (Wildman–Crippen MR) is 96.0 cm³/mol. The lowest BCUT2D eigenvalue weighted by atomic mass is 10.2. The summed E-state index contributed by atoms with van der Waals surface area (Å²) in [6.07, 6.45) is 0. The number of rotatable bonds is 5. The highest BCUT2D eigenvalue weighted by molar-refractivity contribution is 9.10. The van der Waals surface area contributed by atoms with Crippen LogP contribution in [0.2, 0.25) is 5.02 Å². The molecule has 0 radical (unpaired) electrons. The lowest BCUT2D eigenvalue weighted by Gasteiger charge is -2.21. The Labute approximate surface area is 148 Å². The van der Waals surface area contributed by atoms with Gasteiger partial charge in [0.05, 0.1) is 10.6 Å². The minimum absolute atomic E-state index is 0.0840. The summed E-state index contributed by atoms with van der Waals surface area (Å²) in [4.78, 5) is 25.5. The molecule has 4 nitrogen and oxygen atoms in total. The van der Waals surface area contributed by atoms with Crippen LogP contribution in [0.4, 0.5) is 5.69 Å². The number of amides is 2. The summed E-state index contributed by atoms with van der Waals surface area (Å²) in [6.45, 7) is 2.21. The Morgan fingerprint density at radius 2 is 1.78 bits per heavy atom. The van der Waals surface area contributed by atoms with Crippen molar-refractivity contribution in [3.63, 3.8) is 0 Å². The fourth-order valence-corrected chi connectivity index (χ4v) is 2.60. The van der Waals surface area contributed by atoms with Crippen LogP contribution in [0.15, 0.2) is 53.0 Å². The molecule has 120 valence electrons. The van der Waals surface area contributed by atoms with Crippen molar-refractivity contribution >= 4 is 45.0 Å². The van der Waals surface area contributed by atoms with E-state index < -0.39 is 0 Å². The summed E-state index contributed by atoms with van der Waals surface area (Å²) in [5.41, 5.74) is 1.21. The minimum atomic E-state index is -0.255. The molecule has 2 rings (SSSR count). The SMILES string of the molecule is CC(=O)N(CCNC(=O)c1ccccc1Cl)c1ccc(Br)cc1. The standard InChI is InChI=1S/C17H16BrClN2O2/c1-12(22)21(14-8-6-13(18)7-9-14)11-10-20-17(23)15-4-2-3-5-16(15)19/h2-9H,10-11H2,1H3,(H,20,23). The third-order valence-electron chi connectivity index (χ3n) is 3.26. The fourth-order valence-electron chi connectivity index (χ4n) is 2.11. The number of halogens is 2. The van der Waals surface area contributed by atoms with Gasteiger partial charge in [0.25, 0.3) is 5.91 Å². The highest BCUT2D eigenvalue weighted by Crippen LogP contribution is 2.18. The normalized spacial score (nSPS) is 10.2. The van der Waals surface area contributed by atoms with E-state index in [2.05, 4.69) is 21.2 Å². The molecule has 0 bridgehead atoms. The van der Waals surface area contributed by atoms with E-state index in [9.17, 15) is 9.59 Å². The van der Waals surface area contributed by atoms with Crippen molar-refractivity contribution in [2.75, 3.05) is 18.0 Å². The molecule has 0 spiro atoms. The molecule has 0 aliphatic rings. The van der Waals surface area contributed by atoms with Gasteiger partial charge in [-0.25, -0.2) is 0 Å². The van der Waals surface area contributed by atoms with E-state index in [-0.39, 0.29) is 11.8 Å². The molecule has 0 atom stereocenters. The van der Waals surface area contributed by atoms with Crippen LogP contribution in [0.3, 0.4) is 0 Å². The second-order valence-electron chi connectivity index (χ2n) is 4.88. The van der Waals surface area contributed by atoms with Crippen LogP contribution in [0.1, 0.15) is 17.3 Å². The zero-order valence-corrected chi connectivity index (χ0v) is 14.9. The average Bonchev–Trinajstić information content (AvgIpc) is 2.52. The van der Waals surface area contributed by atoms with Gasteiger partial charge in [-0.1, -0.05) is 39.7 Å². The number of anilines is 1. The monoisotopic (exact) mass is 394 g/mol. The van der Waals surface area contributed by atoms with E-state index in [1.165, 1.54) is 6.92 Å². The van der Waals surface area contributed by atoms with Crippen LogP contribution >= 0.6 is 27.5 Å². The van der Waals surface area contributed by atoms with Gasteiger partial charge in [-0.2, -0.15) is 0 Å². The van der Waals surface area contributed by atoms with Crippen LogP contribution in [0, 0.1) is 0 Å². The quantitative estimate of drug-likeness (QED) is 0.835. The Kier molecular flexibility index (Phi) is 6.19. The molecular formula is C17H16BrClN2O2. The first kappa shape index (κ1) is 17.5. The van der Waals surface area contributed by atoms with Crippen LogP contribution in [0.5, 0.6) is 0 Å². The summed E-state index contributed by atoms with van der Waals surface area (Å²) in [7, 11) is 0. The number of benzene rings is 2. The molecule has 6 heteroatoms. The first-order valence-electron chi connectivity index (χ1n) is 7.05. The van der Waals surface area contributed by atoms with Crippen LogP contribution in [0.25, 0.3) is 0 Å². The summed E-state index contributed by atoms with van der Waals surface area (Å²) in [5.74, 6) is -0.339. The van der Waals surface area contributed by atoms with Crippen LogP contribution in [-0.4, -0.2) is 24.9 Å². The van der Waals surface area contributed by atoms with Crippen LogP contribution in [-0.2, 0) is 4.79 Å². The van der Waals surface area contributed by atoms with Crippen LogP contribution < -0.4 is 10.2 Å². The van der Waals surface area contributed by atoms with Crippen molar-refractivity contribution in [1.29, 1.82) is 0 Å². The summed E-state index contributed by atoms with van der Waals surface area (Å²) in [6, 6.07) is 14.3. The Hall–Kier alpha value is -1.85. The predicted octanol–water partition coefficient (Wildman–Crippen LogP) is 3.89. The van der Waals surface area contributed by atoms with Gasteiger partial charge in [-0.05, 0) is 36.4 Å². The van der Waals surface area contributed by atoms with E-state index in [1.807, 2.05) is 24.3 Å². The Morgan fingerprint density at radius 3 is 2.39 bits per heavy atom. The zero-order valence-electron chi connectivity index (χ0n) is 12.6. The van der Waals surface area contributed by atoms with Gasteiger partial charge >= 0.3 is 0 Å². The third kappa shape index (κ3) is 4.81. The molecule has 0 aliphatic heterocycles. The smallest absolute Gasteiger partial charge is 0.252 e. The average molecular weight is 396 g/mol. The van der Waals surface area contributed by atoms with Crippen molar-refractivity contribution in [3.8, 4) is 0 Å². The van der Waals surface area contributed by atoms with E-state index in [0.29, 0.717) is 23.7 Å². The molecule has 0 unspecified atom stereocenters. The van der Waals surface area contributed by atoms with Crippen molar-refractivity contribution in [2.45, 2.75) is 6.92 Å². The van der Waals surface area contributed by atoms with Gasteiger partial charge in [0.1, 0.15) is 0 Å². The first-order chi connectivity index (χ1) is 11.0. The van der Waals surface area contributed by atoms with Crippen molar-refractivity contribution in [2.24, 2.45) is 0 Å². The molecule has 2 amide bonds. The molecule has 23 heavy (non-hydrogen) atoms. The van der Waals surface area contributed by atoms with Crippen molar-refractivity contribution < 1.29 is 9.59 Å². The van der Waals surface area contributed by atoms with Gasteiger partial charge in [-0.15, -0.1) is 0 Å². The molecule has 0 saturated heterocycles. The summed E-state index contributed by atoms with van der Waals surface area (Å²) in [5, 5.41) is 3.18. The van der Waals surface area contributed by atoms with E-state index in [0.717, 1.165) is 10.2 Å². The maximum absolute atomic E-state index is 12.1. The van der Waals surface area contributed by atoms with Gasteiger partial charge in [0, 0.05) is 30.2 Å². The maximum atomic E-state index is 12.1. The van der Waals surface area contributed by atoms with Gasteiger partial charge in [0.2, 0.25) is 5.91 Å². The Balaban J connectivity index is 1.97. The van der Waals surface area contributed by atoms with Gasteiger partial charge < -0.3 is 10.2 Å². The molecule has 0 saturated carbocycles. The fraction of sp³-hybridized carbons (Fsp3) is 0.176. The molecule has 2 aromatic rings. The lowest BCUT2D eigenvalue weighted by Crippen LogP contribution is -2.37. The van der Waals surface area contributed by atoms with Crippen molar-refractivity contribution in [1.82, 2.24) is 5.32 Å². The number of hydrogen-bond donors (Lipinski definition) is 1. The second kappa shape index (κ2) is 8.13. The molecule has 0 aliphatic carbocycles. The highest BCUT2D eigenvalue weighted by atomic mass is 79.9. The van der Waals surface area contributed by atoms with E-state index >= 15 is 0 Å². The lowest BCUT2D eigenvalue weighted by molar-refractivity contribution is -0.116. The number of carbonyl (C=O) groups excluding carboxylic acids is 2. The Bertz CT molecular complexity index is 704. The van der Waals surface area contributed by atoms with E-state index in [4.69, 9.17) is 11.6 Å². The second-order valence-corrected chi connectivity index (χ2v) is 6.21. The zero-order chi connectivity index (χ0) is 16.8. The number of hydrogen-bond acceptors (Lipinski definition) is 2. The topological polar surface area (TPSA) is 49.4 Å². The molecule has 1 N–H and O–H groups in total. The third-order valence-corrected chi connectivity index (χ3v) is 4.12.